The molecule has 0 aliphatic carbocycles. The predicted octanol–water partition coefficient (Wildman–Crippen LogP) is 2.42. The minimum absolute atomic E-state index is 0.139. The minimum Gasteiger partial charge on any atom is -0.316 e. The number of nitrogens with one attached hydrogen (secondary N) is 1. The van der Waals surface area contributed by atoms with E-state index in [-0.39, 0.29) is 6.04 Å². The Hall–Kier alpha value is -2.27. The first kappa shape index (κ1) is 13.4. The van der Waals surface area contributed by atoms with E-state index < -0.39 is 0 Å². The molecule has 1 saturated heterocycles. The van der Waals surface area contributed by atoms with E-state index >= 15 is 0 Å². The number of hydrogen-bond acceptors (Lipinski definition) is 4. The van der Waals surface area contributed by atoms with Gasteiger partial charge in [0.05, 0.1) is 0 Å². The molecule has 1 aliphatic rings. The van der Waals surface area contributed by atoms with Crippen LogP contribution in [-0.2, 0) is 0 Å². The Labute approximate surface area is 129 Å². The molecule has 0 saturated carbocycles. The molecule has 1 unspecified atom stereocenters. The highest BCUT2D eigenvalue weighted by Crippen LogP contribution is 2.31. The molecule has 22 heavy (non-hydrogen) atoms. The van der Waals surface area contributed by atoms with E-state index in [0.29, 0.717) is 5.92 Å². The van der Waals surface area contributed by atoms with Crippen LogP contribution >= 0.6 is 0 Å². The molecule has 5 heteroatoms. The Bertz CT molecular complexity index is 747. The van der Waals surface area contributed by atoms with Gasteiger partial charge in [-0.3, -0.25) is 0 Å². The van der Waals surface area contributed by atoms with Crippen molar-refractivity contribution in [2.75, 3.05) is 13.1 Å². The zero-order valence-corrected chi connectivity index (χ0v) is 12.4. The number of tetrazole rings is 1. The molecular formula is C17H19N5. The molecular weight excluding hydrogens is 274 g/mol. The van der Waals surface area contributed by atoms with E-state index in [0.717, 1.165) is 13.1 Å². The maximum atomic E-state index is 4.31. The van der Waals surface area contributed by atoms with Crippen molar-refractivity contribution in [3.8, 4) is 0 Å². The smallest absolute Gasteiger partial charge is 0.162 e. The van der Waals surface area contributed by atoms with Crippen molar-refractivity contribution in [1.29, 1.82) is 0 Å². The quantitative estimate of drug-likeness (QED) is 0.806. The summed E-state index contributed by atoms with van der Waals surface area (Å²) in [4.78, 5) is 1.77. The van der Waals surface area contributed by atoms with Crippen molar-refractivity contribution in [3.05, 3.63) is 54.4 Å². The number of hydrogen-bond donors (Lipinski definition) is 1. The molecule has 2 atom stereocenters. The molecule has 2 heterocycles. The third kappa shape index (κ3) is 2.48. The fourth-order valence-corrected chi connectivity index (χ4v) is 3.44. The van der Waals surface area contributed by atoms with E-state index in [4.69, 9.17) is 0 Å². The van der Waals surface area contributed by atoms with E-state index in [9.17, 15) is 0 Å². The third-order valence-corrected chi connectivity index (χ3v) is 4.51. The molecule has 5 nitrogen and oxygen atoms in total. The van der Waals surface area contributed by atoms with Crippen LogP contribution in [0.3, 0.4) is 0 Å². The van der Waals surface area contributed by atoms with Crippen molar-refractivity contribution >= 4 is 10.8 Å². The first-order valence-corrected chi connectivity index (χ1v) is 7.84. The summed E-state index contributed by atoms with van der Waals surface area (Å²) in [5.41, 5.74) is 1.26. The highest BCUT2D eigenvalue weighted by molar-refractivity contribution is 5.83. The lowest BCUT2D eigenvalue weighted by atomic mass is 9.87. The molecule has 1 aliphatic heterocycles. The summed E-state index contributed by atoms with van der Waals surface area (Å²) in [5.74, 6) is 0.490. The standard InChI is InChI=1S/C17H19N5/c1-2-5-14-10-15(8-7-13(14)4-1)17(22-20-12-19-21-22)16-6-3-9-18-11-16/h1-2,4-5,7-8,10,12,16-18H,3,6,9,11H2/t16-,17?/m1/s1. The van der Waals surface area contributed by atoms with Crippen molar-refractivity contribution < 1.29 is 0 Å². The summed E-state index contributed by atoms with van der Waals surface area (Å²) < 4.78 is 0. The van der Waals surface area contributed by atoms with Gasteiger partial charge in [0.25, 0.3) is 0 Å². The number of fused-ring (bicyclic) bond motifs is 1. The summed E-state index contributed by atoms with van der Waals surface area (Å²) >= 11 is 0. The van der Waals surface area contributed by atoms with Crippen LogP contribution in [0.2, 0.25) is 0 Å². The van der Waals surface area contributed by atoms with Gasteiger partial charge in [0, 0.05) is 6.54 Å². The maximum absolute atomic E-state index is 4.31. The van der Waals surface area contributed by atoms with Gasteiger partial charge in [-0.05, 0) is 52.9 Å². The molecule has 0 radical (unpaired) electrons. The molecule has 2 aromatic carbocycles. The summed E-state index contributed by atoms with van der Waals surface area (Å²) in [6.45, 7) is 2.10. The summed E-state index contributed by atoms with van der Waals surface area (Å²) in [6.07, 6.45) is 3.90. The molecule has 4 rings (SSSR count). The summed E-state index contributed by atoms with van der Waals surface area (Å²) in [6, 6.07) is 15.2. The van der Waals surface area contributed by atoms with Gasteiger partial charge in [0.1, 0.15) is 6.04 Å². The lowest BCUT2D eigenvalue weighted by molar-refractivity contribution is 0.261. The van der Waals surface area contributed by atoms with Crippen LogP contribution in [0.4, 0.5) is 0 Å². The zero-order valence-electron chi connectivity index (χ0n) is 12.4. The lowest BCUT2D eigenvalue weighted by Gasteiger charge is -2.30. The molecule has 0 amide bonds. The van der Waals surface area contributed by atoms with E-state index in [1.807, 2.05) is 0 Å². The second kappa shape index (κ2) is 5.85. The lowest BCUT2D eigenvalue weighted by Crippen LogP contribution is -2.36. The zero-order chi connectivity index (χ0) is 14.8. The number of rotatable bonds is 3. The first-order chi connectivity index (χ1) is 10.9. The fourth-order valence-electron chi connectivity index (χ4n) is 3.44. The van der Waals surface area contributed by atoms with Gasteiger partial charge in [-0.2, -0.15) is 4.80 Å². The maximum Gasteiger partial charge on any atom is 0.162 e. The average molecular weight is 293 g/mol. The Kier molecular flexibility index (Phi) is 3.56. The highest BCUT2D eigenvalue weighted by atomic mass is 15.6. The topological polar surface area (TPSA) is 55.6 Å². The number of nitrogens with zero attached hydrogens (tertiary/aromatic N) is 4. The van der Waals surface area contributed by atoms with Gasteiger partial charge >= 0.3 is 0 Å². The van der Waals surface area contributed by atoms with E-state index in [1.165, 1.54) is 35.5 Å². The average Bonchev–Trinajstić information content (AvgIpc) is 3.10. The van der Waals surface area contributed by atoms with Crippen molar-refractivity contribution in [2.45, 2.75) is 18.9 Å². The molecule has 3 aromatic rings. The van der Waals surface area contributed by atoms with Crippen LogP contribution in [-0.4, -0.2) is 33.3 Å². The summed E-state index contributed by atoms with van der Waals surface area (Å²) in [7, 11) is 0. The van der Waals surface area contributed by atoms with Crippen molar-refractivity contribution in [1.82, 2.24) is 25.5 Å². The van der Waals surface area contributed by atoms with Crippen LogP contribution < -0.4 is 5.32 Å². The van der Waals surface area contributed by atoms with Gasteiger partial charge in [-0.1, -0.05) is 36.4 Å². The third-order valence-electron chi connectivity index (χ3n) is 4.51. The Morgan fingerprint density at radius 3 is 2.82 bits per heavy atom. The van der Waals surface area contributed by atoms with Gasteiger partial charge in [-0.15, -0.1) is 10.2 Å². The molecule has 0 bridgehead atoms. The highest BCUT2D eigenvalue weighted by Gasteiger charge is 2.28. The molecule has 1 aromatic heterocycles. The van der Waals surface area contributed by atoms with Gasteiger partial charge < -0.3 is 5.32 Å². The van der Waals surface area contributed by atoms with Crippen LogP contribution in [0, 0.1) is 5.92 Å². The minimum atomic E-state index is 0.139. The monoisotopic (exact) mass is 293 g/mol. The normalized spacial score (nSPS) is 20.1. The predicted molar refractivity (Wildman–Crippen MR) is 85.5 cm³/mol. The van der Waals surface area contributed by atoms with E-state index in [2.05, 4.69) is 63.2 Å². The molecule has 1 N–H and O–H groups in total. The Morgan fingerprint density at radius 1 is 1.14 bits per heavy atom. The number of piperidine rings is 1. The van der Waals surface area contributed by atoms with Crippen LogP contribution in [0.1, 0.15) is 24.4 Å². The van der Waals surface area contributed by atoms with E-state index in [1.54, 1.807) is 4.80 Å². The number of aromatic nitrogens is 4. The molecule has 112 valence electrons. The van der Waals surface area contributed by atoms with Crippen molar-refractivity contribution in [3.63, 3.8) is 0 Å². The Balaban J connectivity index is 1.78. The number of benzene rings is 2. The second-order valence-corrected chi connectivity index (χ2v) is 5.91. The van der Waals surface area contributed by atoms with Crippen LogP contribution in [0.25, 0.3) is 10.8 Å². The second-order valence-electron chi connectivity index (χ2n) is 5.91. The first-order valence-electron chi connectivity index (χ1n) is 7.84. The fraction of sp³-hybridized carbons (Fsp3) is 0.353. The Morgan fingerprint density at radius 2 is 2.05 bits per heavy atom. The molecule has 0 spiro atoms. The largest absolute Gasteiger partial charge is 0.316 e. The van der Waals surface area contributed by atoms with Gasteiger partial charge in [-0.25, -0.2) is 0 Å². The molecule has 1 fully saturated rings. The summed E-state index contributed by atoms with van der Waals surface area (Å²) in [5, 5.41) is 18.4. The van der Waals surface area contributed by atoms with Crippen LogP contribution in [0.5, 0.6) is 0 Å². The van der Waals surface area contributed by atoms with Gasteiger partial charge in [0.2, 0.25) is 0 Å². The van der Waals surface area contributed by atoms with Gasteiger partial charge in [0.15, 0.2) is 6.33 Å². The van der Waals surface area contributed by atoms with Crippen molar-refractivity contribution in [2.24, 2.45) is 5.92 Å². The SMILES string of the molecule is c1ccc2cc(C([C@@H]3CCCNC3)n3ncnn3)ccc2c1. The van der Waals surface area contributed by atoms with Crippen LogP contribution in [0.15, 0.2) is 48.8 Å².